The molecule has 0 aromatic heterocycles. The quantitative estimate of drug-likeness (QED) is 0.830. The number of nitrogens with one attached hydrogen (secondary N) is 1. The Kier molecular flexibility index (Phi) is 4.88. The van der Waals surface area contributed by atoms with E-state index in [1.165, 1.54) is 18.2 Å². The van der Waals surface area contributed by atoms with Crippen LogP contribution < -0.4 is 5.32 Å². The van der Waals surface area contributed by atoms with Crippen LogP contribution in [0.3, 0.4) is 0 Å². The van der Waals surface area contributed by atoms with Crippen LogP contribution in [0.15, 0.2) is 48.5 Å². The highest BCUT2D eigenvalue weighted by Gasteiger charge is 2.06. The maximum absolute atomic E-state index is 12.8. The summed E-state index contributed by atoms with van der Waals surface area (Å²) in [7, 11) is 0. The lowest BCUT2D eigenvalue weighted by atomic mass is 10.1. The second-order valence-corrected chi connectivity index (χ2v) is 4.84. The van der Waals surface area contributed by atoms with E-state index in [2.05, 4.69) is 12.2 Å². The lowest BCUT2D eigenvalue weighted by molar-refractivity contribution is -0.111. The van der Waals surface area contributed by atoms with Gasteiger partial charge in [-0.3, -0.25) is 4.79 Å². The molecule has 0 fully saturated rings. The fraction of sp³-hybridized carbons (Fsp3) is 0.167. The van der Waals surface area contributed by atoms with Crippen LogP contribution in [0.5, 0.6) is 0 Å². The smallest absolute Gasteiger partial charge is 0.248 e. The second kappa shape index (κ2) is 6.84. The molecule has 0 unspecified atom stereocenters. The predicted molar refractivity (Wildman–Crippen MR) is 84.6 cm³/mol. The summed E-state index contributed by atoms with van der Waals surface area (Å²) in [6, 6.07) is 12.0. The molecule has 2 rings (SSSR count). The Hall–Kier alpha value is -2.42. The molecule has 0 heterocycles. The van der Waals surface area contributed by atoms with Crippen molar-refractivity contribution in [3.63, 3.8) is 0 Å². The van der Waals surface area contributed by atoms with Crippen molar-refractivity contribution in [1.29, 1.82) is 0 Å². The molecule has 2 aromatic carbocycles. The van der Waals surface area contributed by atoms with Gasteiger partial charge in [0.25, 0.3) is 0 Å². The van der Waals surface area contributed by atoms with Gasteiger partial charge < -0.3 is 5.32 Å². The van der Waals surface area contributed by atoms with Crippen LogP contribution in [0.1, 0.15) is 23.6 Å². The number of carbonyl (C=O) groups is 1. The molecule has 3 heteroatoms. The minimum atomic E-state index is -0.288. The summed E-state index contributed by atoms with van der Waals surface area (Å²) in [6.07, 6.45) is 3.98. The number of halogens is 1. The molecular weight excluding hydrogens is 265 g/mol. The highest BCUT2D eigenvalue weighted by atomic mass is 19.1. The molecule has 0 spiro atoms. The molecule has 1 N–H and O–H groups in total. The Balaban J connectivity index is 2.10. The van der Waals surface area contributed by atoms with E-state index in [0.717, 1.165) is 28.8 Å². The van der Waals surface area contributed by atoms with E-state index in [-0.39, 0.29) is 11.7 Å². The fourth-order valence-corrected chi connectivity index (χ4v) is 2.11. The number of amides is 1. The standard InChI is InChI=1S/C18H18FNO/c1-3-15-6-4-5-13(2)18(15)20-17(21)12-9-14-7-10-16(19)11-8-14/h4-12H,3H2,1-2H3,(H,20,21)/b12-9+. The first kappa shape index (κ1) is 15.0. The first-order valence-electron chi connectivity index (χ1n) is 6.93. The van der Waals surface area contributed by atoms with Crippen molar-refractivity contribution in [2.75, 3.05) is 5.32 Å². The third-order valence-corrected chi connectivity index (χ3v) is 3.29. The largest absolute Gasteiger partial charge is 0.322 e. The van der Waals surface area contributed by atoms with Gasteiger partial charge >= 0.3 is 0 Å². The minimum absolute atomic E-state index is 0.191. The molecule has 2 nitrogen and oxygen atoms in total. The average molecular weight is 283 g/mol. The first-order valence-corrected chi connectivity index (χ1v) is 6.93. The Morgan fingerprint density at radius 1 is 1.19 bits per heavy atom. The first-order chi connectivity index (χ1) is 10.1. The molecule has 0 radical (unpaired) electrons. The van der Waals surface area contributed by atoms with Gasteiger partial charge in [-0.15, -0.1) is 0 Å². The normalized spacial score (nSPS) is 10.8. The van der Waals surface area contributed by atoms with E-state index in [1.807, 2.05) is 25.1 Å². The minimum Gasteiger partial charge on any atom is -0.322 e. The molecule has 0 saturated heterocycles. The summed E-state index contributed by atoms with van der Waals surface area (Å²) >= 11 is 0. The van der Waals surface area contributed by atoms with Crippen LogP contribution in [-0.4, -0.2) is 5.91 Å². The van der Waals surface area contributed by atoms with Gasteiger partial charge in [0.05, 0.1) is 0 Å². The highest BCUT2D eigenvalue weighted by molar-refractivity contribution is 6.02. The van der Waals surface area contributed by atoms with E-state index in [4.69, 9.17) is 0 Å². The number of carbonyl (C=O) groups excluding carboxylic acids is 1. The van der Waals surface area contributed by atoms with Crippen molar-refractivity contribution in [1.82, 2.24) is 0 Å². The van der Waals surface area contributed by atoms with Crippen LogP contribution in [0.4, 0.5) is 10.1 Å². The third-order valence-electron chi connectivity index (χ3n) is 3.29. The third kappa shape index (κ3) is 4.02. The number of aryl methyl sites for hydroxylation is 2. The number of anilines is 1. The topological polar surface area (TPSA) is 29.1 Å². The lowest BCUT2D eigenvalue weighted by Crippen LogP contribution is -2.11. The van der Waals surface area contributed by atoms with Crippen molar-refractivity contribution in [3.05, 3.63) is 71.0 Å². The second-order valence-electron chi connectivity index (χ2n) is 4.84. The zero-order valence-corrected chi connectivity index (χ0v) is 12.2. The van der Waals surface area contributed by atoms with Gasteiger partial charge in [0, 0.05) is 11.8 Å². The molecule has 21 heavy (non-hydrogen) atoms. The summed E-state index contributed by atoms with van der Waals surface area (Å²) in [5.74, 6) is -0.479. The Labute approximate surface area is 124 Å². The van der Waals surface area contributed by atoms with E-state index >= 15 is 0 Å². The predicted octanol–water partition coefficient (Wildman–Crippen LogP) is 4.35. The summed E-state index contributed by atoms with van der Waals surface area (Å²) in [5, 5.41) is 2.91. The molecule has 0 aliphatic rings. The van der Waals surface area contributed by atoms with Crippen molar-refractivity contribution >= 4 is 17.7 Å². The van der Waals surface area contributed by atoms with Gasteiger partial charge in [-0.25, -0.2) is 4.39 Å². The number of hydrogen-bond donors (Lipinski definition) is 1. The average Bonchev–Trinajstić information content (AvgIpc) is 2.49. The van der Waals surface area contributed by atoms with Crippen LogP contribution in [-0.2, 0) is 11.2 Å². The Morgan fingerprint density at radius 2 is 1.90 bits per heavy atom. The molecule has 1 amide bonds. The van der Waals surface area contributed by atoms with Gasteiger partial charge in [-0.2, -0.15) is 0 Å². The van der Waals surface area contributed by atoms with E-state index in [9.17, 15) is 9.18 Å². The van der Waals surface area contributed by atoms with E-state index in [0.29, 0.717) is 0 Å². The van der Waals surface area contributed by atoms with Crippen LogP contribution in [0.25, 0.3) is 6.08 Å². The molecule has 0 atom stereocenters. The van der Waals surface area contributed by atoms with Crippen molar-refractivity contribution in [3.8, 4) is 0 Å². The molecule has 0 aliphatic carbocycles. The number of hydrogen-bond acceptors (Lipinski definition) is 1. The van der Waals surface area contributed by atoms with Crippen molar-refractivity contribution < 1.29 is 9.18 Å². The van der Waals surface area contributed by atoms with Crippen molar-refractivity contribution in [2.24, 2.45) is 0 Å². The Morgan fingerprint density at radius 3 is 2.57 bits per heavy atom. The maximum Gasteiger partial charge on any atom is 0.248 e. The highest BCUT2D eigenvalue weighted by Crippen LogP contribution is 2.21. The fourth-order valence-electron chi connectivity index (χ4n) is 2.11. The van der Waals surface area contributed by atoms with E-state index in [1.54, 1.807) is 18.2 Å². The van der Waals surface area contributed by atoms with Crippen LogP contribution in [0.2, 0.25) is 0 Å². The maximum atomic E-state index is 12.8. The zero-order valence-electron chi connectivity index (χ0n) is 12.2. The van der Waals surface area contributed by atoms with Crippen LogP contribution in [0, 0.1) is 12.7 Å². The van der Waals surface area contributed by atoms with Crippen LogP contribution >= 0.6 is 0 Å². The molecule has 2 aromatic rings. The van der Waals surface area contributed by atoms with Gasteiger partial charge in [0.15, 0.2) is 0 Å². The number of para-hydroxylation sites is 1. The van der Waals surface area contributed by atoms with Gasteiger partial charge in [0.2, 0.25) is 5.91 Å². The van der Waals surface area contributed by atoms with E-state index < -0.39 is 0 Å². The molecule has 0 saturated carbocycles. The number of benzene rings is 2. The van der Waals surface area contributed by atoms with Gasteiger partial charge in [0.1, 0.15) is 5.82 Å². The molecule has 108 valence electrons. The van der Waals surface area contributed by atoms with Crippen molar-refractivity contribution in [2.45, 2.75) is 20.3 Å². The summed E-state index contributed by atoms with van der Waals surface area (Å²) < 4.78 is 12.8. The Bertz CT molecular complexity index is 659. The lowest BCUT2D eigenvalue weighted by Gasteiger charge is -2.11. The van der Waals surface area contributed by atoms with Gasteiger partial charge in [-0.1, -0.05) is 37.3 Å². The molecule has 0 aliphatic heterocycles. The molecule has 0 bridgehead atoms. The SMILES string of the molecule is CCc1cccc(C)c1NC(=O)/C=C/c1ccc(F)cc1. The molecular formula is C18H18FNO. The summed E-state index contributed by atoms with van der Waals surface area (Å²) in [5.41, 5.74) is 3.80. The zero-order chi connectivity index (χ0) is 15.2. The monoisotopic (exact) mass is 283 g/mol. The summed E-state index contributed by atoms with van der Waals surface area (Å²) in [4.78, 5) is 12.0. The number of rotatable bonds is 4. The summed E-state index contributed by atoms with van der Waals surface area (Å²) in [6.45, 7) is 4.03. The van der Waals surface area contributed by atoms with Gasteiger partial charge in [-0.05, 0) is 48.2 Å².